The summed E-state index contributed by atoms with van der Waals surface area (Å²) in [4.78, 5) is 0. The highest BCUT2D eigenvalue weighted by Crippen LogP contribution is 2.27. The zero-order valence-electron chi connectivity index (χ0n) is 11.3. The number of hydrogen-bond donors (Lipinski definition) is 1. The fourth-order valence-corrected chi connectivity index (χ4v) is 2.41. The van der Waals surface area contributed by atoms with Crippen molar-refractivity contribution in [2.45, 2.75) is 32.9 Å². The highest BCUT2D eigenvalue weighted by atomic mass is 35.5. The second-order valence-corrected chi connectivity index (χ2v) is 4.80. The predicted octanol–water partition coefficient (Wildman–Crippen LogP) is 3.04. The van der Waals surface area contributed by atoms with Crippen molar-refractivity contribution in [2.75, 3.05) is 6.54 Å². The molecule has 0 fully saturated rings. The van der Waals surface area contributed by atoms with Gasteiger partial charge in [-0.05, 0) is 24.6 Å². The highest BCUT2D eigenvalue weighted by molar-refractivity contribution is 6.31. The van der Waals surface area contributed by atoms with Crippen molar-refractivity contribution in [1.82, 2.24) is 20.3 Å². The van der Waals surface area contributed by atoms with Crippen molar-refractivity contribution in [3.8, 4) is 0 Å². The summed E-state index contributed by atoms with van der Waals surface area (Å²) in [6.45, 7) is 5.93. The van der Waals surface area contributed by atoms with E-state index in [1.165, 1.54) is 0 Å². The van der Waals surface area contributed by atoms with E-state index in [1.807, 2.05) is 35.1 Å². The fraction of sp³-hybridized carbons (Fsp3) is 0.429. The van der Waals surface area contributed by atoms with Gasteiger partial charge in [-0.3, -0.25) is 0 Å². The maximum atomic E-state index is 6.31. The van der Waals surface area contributed by atoms with Gasteiger partial charge in [-0.25, -0.2) is 4.68 Å². The third-order valence-electron chi connectivity index (χ3n) is 3.00. The lowest BCUT2D eigenvalue weighted by molar-refractivity contribution is 0.511. The second kappa shape index (κ2) is 6.68. The first kappa shape index (κ1) is 14.0. The maximum Gasteiger partial charge on any atom is 0.0802 e. The van der Waals surface area contributed by atoms with Crippen LogP contribution in [-0.4, -0.2) is 21.5 Å². The topological polar surface area (TPSA) is 42.7 Å². The van der Waals surface area contributed by atoms with Gasteiger partial charge in [0, 0.05) is 11.6 Å². The SMILES string of the molecule is CCCn1nncc1C(NCC)c1ccccc1Cl. The molecule has 0 aliphatic rings. The summed E-state index contributed by atoms with van der Waals surface area (Å²) < 4.78 is 1.94. The lowest BCUT2D eigenvalue weighted by atomic mass is 10.0. The van der Waals surface area contributed by atoms with Gasteiger partial charge in [-0.1, -0.05) is 48.9 Å². The van der Waals surface area contributed by atoms with Crippen LogP contribution in [0.25, 0.3) is 0 Å². The van der Waals surface area contributed by atoms with Crippen LogP contribution in [0.5, 0.6) is 0 Å². The van der Waals surface area contributed by atoms with E-state index in [0.717, 1.165) is 35.8 Å². The average Bonchev–Trinajstić information content (AvgIpc) is 2.86. The minimum absolute atomic E-state index is 0.0280. The standard InChI is InChI=1S/C14H19ClN4/c1-3-9-19-13(10-17-18-19)14(16-4-2)11-7-5-6-8-12(11)15/h5-8,10,14,16H,3-4,9H2,1-2H3. The van der Waals surface area contributed by atoms with Crippen LogP contribution in [-0.2, 0) is 6.54 Å². The Bertz CT molecular complexity index is 524. The van der Waals surface area contributed by atoms with Gasteiger partial charge in [-0.15, -0.1) is 5.10 Å². The summed E-state index contributed by atoms with van der Waals surface area (Å²) in [5, 5.41) is 12.4. The molecule has 1 N–H and O–H groups in total. The zero-order chi connectivity index (χ0) is 13.7. The molecule has 0 bridgehead atoms. The van der Waals surface area contributed by atoms with Crippen molar-refractivity contribution in [2.24, 2.45) is 0 Å². The first-order valence-corrected chi connectivity index (χ1v) is 7.01. The minimum atomic E-state index is 0.0280. The molecule has 1 aromatic carbocycles. The van der Waals surface area contributed by atoms with Gasteiger partial charge in [0.1, 0.15) is 0 Å². The second-order valence-electron chi connectivity index (χ2n) is 4.39. The summed E-state index contributed by atoms with van der Waals surface area (Å²) in [6, 6.07) is 7.92. The molecule has 0 aliphatic carbocycles. The van der Waals surface area contributed by atoms with Crippen LogP contribution in [0.2, 0.25) is 5.02 Å². The molecule has 1 atom stereocenters. The lowest BCUT2D eigenvalue weighted by Crippen LogP contribution is -2.25. The fourth-order valence-electron chi connectivity index (χ4n) is 2.16. The Balaban J connectivity index is 2.40. The molecule has 2 rings (SSSR count). The number of hydrogen-bond acceptors (Lipinski definition) is 3. The third-order valence-corrected chi connectivity index (χ3v) is 3.35. The molecule has 0 saturated carbocycles. The van der Waals surface area contributed by atoms with E-state index in [-0.39, 0.29) is 6.04 Å². The van der Waals surface area contributed by atoms with Crippen molar-refractivity contribution < 1.29 is 0 Å². The van der Waals surface area contributed by atoms with E-state index in [9.17, 15) is 0 Å². The van der Waals surface area contributed by atoms with E-state index in [0.29, 0.717) is 0 Å². The van der Waals surface area contributed by atoms with Gasteiger partial charge in [0.15, 0.2) is 0 Å². The van der Waals surface area contributed by atoms with Crippen molar-refractivity contribution in [3.05, 3.63) is 46.7 Å². The molecular weight excluding hydrogens is 260 g/mol. The molecule has 1 unspecified atom stereocenters. The van der Waals surface area contributed by atoms with Crippen LogP contribution in [0.3, 0.4) is 0 Å². The normalized spacial score (nSPS) is 12.6. The molecule has 0 spiro atoms. The Labute approximate surface area is 118 Å². The van der Waals surface area contributed by atoms with Gasteiger partial charge >= 0.3 is 0 Å². The number of aromatic nitrogens is 3. The molecule has 0 saturated heterocycles. The maximum absolute atomic E-state index is 6.31. The number of halogens is 1. The zero-order valence-corrected chi connectivity index (χ0v) is 12.1. The Morgan fingerprint density at radius 2 is 2.11 bits per heavy atom. The third kappa shape index (κ3) is 3.14. The van der Waals surface area contributed by atoms with Crippen LogP contribution < -0.4 is 5.32 Å². The molecule has 4 nitrogen and oxygen atoms in total. The monoisotopic (exact) mass is 278 g/mol. The molecule has 0 aliphatic heterocycles. The molecule has 1 aromatic heterocycles. The van der Waals surface area contributed by atoms with Gasteiger partial charge in [0.2, 0.25) is 0 Å². The summed E-state index contributed by atoms with van der Waals surface area (Å²) in [5.74, 6) is 0. The Hall–Kier alpha value is -1.39. The summed E-state index contributed by atoms with van der Waals surface area (Å²) in [5.41, 5.74) is 2.11. The van der Waals surface area contributed by atoms with Gasteiger partial charge in [-0.2, -0.15) is 0 Å². The number of aryl methyl sites for hydroxylation is 1. The number of nitrogens with one attached hydrogen (secondary N) is 1. The van der Waals surface area contributed by atoms with Crippen LogP contribution in [0, 0.1) is 0 Å². The number of nitrogens with zero attached hydrogens (tertiary/aromatic N) is 3. The molecule has 19 heavy (non-hydrogen) atoms. The van der Waals surface area contributed by atoms with E-state index in [4.69, 9.17) is 11.6 Å². The molecule has 0 amide bonds. The van der Waals surface area contributed by atoms with Crippen molar-refractivity contribution >= 4 is 11.6 Å². The first-order valence-electron chi connectivity index (χ1n) is 6.64. The summed E-state index contributed by atoms with van der Waals surface area (Å²) in [6.07, 6.45) is 2.84. The van der Waals surface area contributed by atoms with E-state index < -0.39 is 0 Å². The van der Waals surface area contributed by atoms with E-state index in [2.05, 4.69) is 29.5 Å². The molecule has 5 heteroatoms. The lowest BCUT2D eigenvalue weighted by Gasteiger charge is -2.20. The van der Waals surface area contributed by atoms with Crippen LogP contribution in [0.4, 0.5) is 0 Å². The van der Waals surface area contributed by atoms with Crippen molar-refractivity contribution in [1.29, 1.82) is 0 Å². The molecule has 1 heterocycles. The van der Waals surface area contributed by atoms with Crippen molar-refractivity contribution in [3.63, 3.8) is 0 Å². The Morgan fingerprint density at radius 3 is 2.79 bits per heavy atom. The van der Waals surface area contributed by atoms with Crippen LogP contribution in [0.15, 0.2) is 30.5 Å². The molecule has 102 valence electrons. The molecule has 0 radical (unpaired) electrons. The van der Waals surface area contributed by atoms with Gasteiger partial charge in [0.25, 0.3) is 0 Å². The van der Waals surface area contributed by atoms with E-state index >= 15 is 0 Å². The molecular formula is C14H19ClN4. The number of benzene rings is 1. The van der Waals surface area contributed by atoms with Crippen LogP contribution in [0.1, 0.15) is 37.6 Å². The number of rotatable bonds is 6. The quantitative estimate of drug-likeness (QED) is 0.883. The molecule has 2 aromatic rings. The summed E-state index contributed by atoms with van der Waals surface area (Å²) in [7, 11) is 0. The first-order chi connectivity index (χ1) is 9.27. The Kier molecular flexibility index (Phi) is 4.93. The highest BCUT2D eigenvalue weighted by Gasteiger charge is 2.20. The summed E-state index contributed by atoms with van der Waals surface area (Å²) >= 11 is 6.31. The van der Waals surface area contributed by atoms with Gasteiger partial charge in [0.05, 0.1) is 17.9 Å². The van der Waals surface area contributed by atoms with Gasteiger partial charge < -0.3 is 5.32 Å². The smallest absolute Gasteiger partial charge is 0.0802 e. The largest absolute Gasteiger partial charge is 0.305 e. The van der Waals surface area contributed by atoms with E-state index in [1.54, 1.807) is 0 Å². The Morgan fingerprint density at radius 1 is 1.32 bits per heavy atom. The predicted molar refractivity (Wildman–Crippen MR) is 77.3 cm³/mol. The average molecular weight is 279 g/mol. The minimum Gasteiger partial charge on any atom is -0.305 e. The van der Waals surface area contributed by atoms with Crippen LogP contribution >= 0.6 is 11.6 Å².